The van der Waals surface area contributed by atoms with Crippen molar-refractivity contribution < 1.29 is 9.53 Å². The van der Waals surface area contributed by atoms with Crippen molar-refractivity contribution in [2.45, 2.75) is 13.5 Å². The van der Waals surface area contributed by atoms with Crippen molar-refractivity contribution in [1.29, 1.82) is 0 Å². The minimum atomic E-state index is -0.117. The molecule has 0 spiro atoms. The molecule has 0 bridgehead atoms. The standard InChI is InChI=1S/C12H17N3O2/c1-9-6-15(7-10(9)12(16)17-2)8-11-13-4-3-5-14-11/h3-5,9-10H,6-8H2,1-2H3. The monoisotopic (exact) mass is 235 g/mol. The number of aromatic nitrogens is 2. The van der Waals surface area contributed by atoms with Crippen LogP contribution in [0.2, 0.25) is 0 Å². The number of hydrogen-bond acceptors (Lipinski definition) is 5. The topological polar surface area (TPSA) is 55.3 Å². The van der Waals surface area contributed by atoms with Gasteiger partial charge in [-0.3, -0.25) is 9.69 Å². The van der Waals surface area contributed by atoms with Gasteiger partial charge in [0, 0.05) is 25.5 Å². The lowest BCUT2D eigenvalue weighted by Crippen LogP contribution is -2.24. The first-order chi connectivity index (χ1) is 8.20. The molecule has 2 heterocycles. The Morgan fingerprint density at radius 2 is 2.18 bits per heavy atom. The van der Waals surface area contributed by atoms with Crippen LogP contribution in [0.3, 0.4) is 0 Å². The molecule has 2 atom stereocenters. The van der Waals surface area contributed by atoms with E-state index in [9.17, 15) is 4.79 Å². The molecule has 92 valence electrons. The van der Waals surface area contributed by atoms with Gasteiger partial charge in [0.25, 0.3) is 0 Å². The van der Waals surface area contributed by atoms with Gasteiger partial charge in [-0.05, 0) is 12.0 Å². The molecule has 2 rings (SSSR count). The molecule has 5 nitrogen and oxygen atoms in total. The number of nitrogens with zero attached hydrogens (tertiary/aromatic N) is 3. The smallest absolute Gasteiger partial charge is 0.310 e. The third-order valence-corrected chi connectivity index (χ3v) is 3.18. The first-order valence-corrected chi connectivity index (χ1v) is 5.76. The normalized spacial score (nSPS) is 24.8. The highest BCUT2D eigenvalue weighted by Gasteiger charge is 2.35. The lowest BCUT2D eigenvalue weighted by molar-refractivity contribution is -0.146. The van der Waals surface area contributed by atoms with Gasteiger partial charge in [0.05, 0.1) is 19.6 Å². The van der Waals surface area contributed by atoms with Gasteiger partial charge in [0.1, 0.15) is 5.82 Å². The van der Waals surface area contributed by atoms with Crippen LogP contribution in [-0.4, -0.2) is 41.0 Å². The second-order valence-electron chi connectivity index (χ2n) is 4.47. The van der Waals surface area contributed by atoms with Crippen molar-refractivity contribution in [3.05, 3.63) is 24.3 Å². The summed E-state index contributed by atoms with van der Waals surface area (Å²) in [5, 5.41) is 0. The maximum Gasteiger partial charge on any atom is 0.310 e. The fourth-order valence-electron chi connectivity index (χ4n) is 2.27. The van der Waals surface area contributed by atoms with E-state index in [0.29, 0.717) is 12.5 Å². The Balaban J connectivity index is 1.95. The lowest BCUT2D eigenvalue weighted by atomic mass is 9.99. The lowest BCUT2D eigenvalue weighted by Gasteiger charge is -2.13. The summed E-state index contributed by atoms with van der Waals surface area (Å²) in [4.78, 5) is 22.1. The van der Waals surface area contributed by atoms with E-state index in [1.165, 1.54) is 7.11 Å². The predicted molar refractivity (Wildman–Crippen MR) is 62.0 cm³/mol. The zero-order valence-electron chi connectivity index (χ0n) is 10.2. The van der Waals surface area contributed by atoms with Crippen LogP contribution in [0.1, 0.15) is 12.7 Å². The van der Waals surface area contributed by atoms with Crippen LogP contribution >= 0.6 is 0 Å². The highest BCUT2D eigenvalue weighted by atomic mass is 16.5. The van der Waals surface area contributed by atoms with Gasteiger partial charge < -0.3 is 4.74 Å². The molecule has 1 fully saturated rings. The van der Waals surface area contributed by atoms with Gasteiger partial charge in [-0.2, -0.15) is 0 Å². The second-order valence-corrected chi connectivity index (χ2v) is 4.47. The molecule has 5 heteroatoms. The van der Waals surface area contributed by atoms with Crippen molar-refractivity contribution in [3.63, 3.8) is 0 Å². The van der Waals surface area contributed by atoms with E-state index in [2.05, 4.69) is 21.8 Å². The van der Waals surface area contributed by atoms with Crippen LogP contribution in [-0.2, 0) is 16.1 Å². The van der Waals surface area contributed by atoms with Crippen molar-refractivity contribution in [1.82, 2.24) is 14.9 Å². The average molecular weight is 235 g/mol. The van der Waals surface area contributed by atoms with E-state index in [4.69, 9.17) is 4.74 Å². The van der Waals surface area contributed by atoms with Gasteiger partial charge in [-0.25, -0.2) is 9.97 Å². The Bertz CT molecular complexity index is 383. The molecular formula is C12H17N3O2. The zero-order chi connectivity index (χ0) is 12.3. The van der Waals surface area contributed by atoms with Gasteiger partial charge in [0.2, 0.25) is 0 Å². The number of carbonyl (C=O) groups excluding carboxylic acids is 1. The fourth-order valence-corrected chi connectivity index (χ4v) is 2.27. The van der Waals surface area contributed by atoms with Crippen LogP contribution in [0.5, 0.6) is 0 Å². The Labute approximate surface area is 101 Å². The molecule has 0 N–H and O–H groups in total. The summed E-state index contributed by atoms with van der Waals surface area (Å²) < 4.78 is 4.81. The minimum absolute atomic E-state index is 0.0243. The molecule has 0 radical (unpaired) electrons. The highest BCUT2D eigenvalue weighted by molar-refractivity contribution is 5.73. The SMILES string of the molecule is COC(=O)C1CN(Cc2ncccn2)CC1C. The number of rotatable bonds is 3. The van der Waals surface area contributed by atoms with Crippen molar-refractivity contribution in [2.24, 2.45) is 11.8 Å². The quantitative estimate of drug-likeness (QED) is 0.722. The van der Waals surface area contributed by atoms with Gasteiger partial charge in [-0.1, -0.05) is 6.92 Å². The molecule has 0 saturated carbocycles. The fraction of sp³-hybridized carbons (Fsp3) is 0.583. The van der Waals surface area contributed by atoms with Gasteiger partial charge in [0.15, 0.2) is 0 Å². The number of esters is 1. The third kappa shape index (κ3) is 2.79. The van der Waals surface area contributed by atoms with E-state index >= 15 is 0 Å². The van der Waals surface area contributed by atoms with Crippen LogP contribution in [0.4, 0.5) is 0 Å². The maximum atomic E-state index is 11.5. The number of hydrogen-bond donors (Lipinski definition) is 0. The van der Waals surface area contributed by atoms with Gasteiger partial charge >= 0.3 is 5.97 Å². The second kappa shape index (κ2) is 5.23. The molecule has 1 saturated heterocycles. The summed E-state index contributed by atoms with van der Waals surface area (Å²) in [6.45, 7) is 4.39. The molecule has 0 amide bonds. The molecule has 0 aliphatic carbocycles. The number of methoxy groups -OCH3 is 1. The zero-order valence-corrected chi connectivity index (χ0v) is 10.2. The number of likely N-dealkylation sites (tertiary alicyclic amines) is 1. The summed E-state index contributed by atoms with van der Waals surface area (Å²) in [7, 11) is 1.44. The van der Waals surface area contributed by atoms with Crippen molar-refractivity contribution in [3.8, 4) is 0 Å². The molecule has 0 aromatic carbocycles. The van der Waals surface area contributed by atoms with E-state index < -0.39 is 0 Å². The number of ether oxygens (including phenoxy) is 1. The largest absolute Gasteiger partial charge is 0.469 e. The third-order valence-electron chi connectivity index (χ3n) is 3.18. The maximum absolute atomic E-state index is 11.5. The minimum Gasteiger partial charge on any atom is -0.469 e. The summed E-state index contributed by atoms with van der Waals surface area (Å²) in [6.07, 6.45) is 3.47. The Hall–Kier alpha value is -1.49. The van der Waals surface area contributed by atoms with Crippen LogP contribution in [0, 0.1) is 11.8 Å². The van der Waals surface area contributed by atoms with E-state index in [1.54, 1.807) is 18.5 Å². The molecule has 1 aromatic heterocycles. The summed E-state index contributed by atoms with van der Waals surface area (Å²) in [5.41, 5.74) is 0. The molecular weight excluding hydrogens is 218 g/mol. The molecule has 17 heavy (non-hydrogen) atoms. The first kappa shape index (κ1) is 12.0. The van der Waals surface area contributed by atoms with E-state index in [0.717, 1.165) is 18.9 Å². The van der Waals surface area contributed by atoms with Gasteiger partial charge in [-0.15, -0.1) is 0 Å². The predicted octanol–water partition coefficient (Wildman–Crippen LogP) is 0.717. The van der Waals surface area contributed by atoms with Crippen LogP contribution in [0.25, 0.3) is 0 Å². The summed E-state index contributed by atoms with van der Waals surface area (Å²) >= 11 is 0. The molecule has 1 aromatic rings. The molecule has 2 unspecified atom stereocenters. The Morgan fingerprint density at radius 3 is 2.82 bits per heavy atom. The van der Waals surface area contributed by atoms with Crippen LogP contribution in [0.15, 0.2) is 18.5 Å². The Kier molecular flexibility index (Phi) is 3.68. The summed E-state index contributed by atoms with van der Waals surface area (Å²) in [6, 6.07) is 1.80. The highest BCUT2D eigenvalue weighted by Crippen LogP contribution is 2.24. The Morgan fingerprint density at radius 1 is 1.47 bits per heavy atom. The van der Waals surface area contributed by atoms with Crippen LogP contribution < -0.4 is 0 Å². The molecule has 1 aliphatic heterocycles. The van der Waals surface area contributed by atoms with E-state index in [-0.39, 0.29) is 11.9 Å². The van der Waals surface area contributed by atoms with Crippen molar-refractivity contribution in [2.75, 3.05) is 20.2 Å². The first-order valence-electron chi connectivity index (χ1n) is 5.76. The summed E-state index contributed by atoms with van der Waals surface area (Å²) in [5.74, 6) is 0.981. The van der Waals surface area contributed by atoms with Crippen molar-refractivity contribution >= 4 is 5.97 Å². The van der Waals surface area contributed by atoms with E-state index in [1.807, 2.05) is 0 Å². The molecule has 1 aliphatic rings. The number of carbonyl (C=O) groups is 1. The average Bonchev–Trinajstić information content (AvgIpc) is 2.70.